The van der Waals surface area contributed by atoms with Crippen LogP contribution in [-0.2, 0) is 6.42 Å². The Kier molecular flexibility index (Phi) is 5.19. The Morgan fingerprint density at radius 1 is 1.18 bits per heavy atom. The van der Waals surface area contributed by atoms with Crippen LogP contribution < -0.4 is 20.4 Å². The summed E-state index contributed by atoms with van der Waals surface area (Å²) < 4.78 is 15.1. The predicted molar refractivity (Wildman–Crippen MR) is 80.6 cm³/mol. The summed E-state index contributed by atoms with van der Waals surface area (Å²) in [5.74, 6) is 1.17. The molecule has 0 aliphatic carbocycles. The minimum Gasteiger partial charge on any atom is -0.497 e. The van der Waals surface area contributed by atoms with E-state index in [0.717, 1.165) is 23.3 Å². The molecule has 2 rings (SSSR count). The largest absolute Gasteiger partial charge is 0.497 e. The fraction of sp³-hybridized carbons (Fsp3) is 0.250. The third-order valence-corrected chi connectivity index (χ3v) is 3.13. The van der Waals surface area contributed by atoms with Gasteiger partial charge in [-0.15, -0.1) is 0 Å². The van der Waals surface area contributed by atoms with E-state index in [-0.39, 0.29) is 5.91 Å². The summed E-state index contributed by atoms with van der Waals surface area (Å²) in [6.07, 6.45) is 1.73. The van der Waals surface area contributed by atoms with E-state index in [1.165, 1.54) is 12.1 Å². The second-order valence-electron chi connectivity index (χ2n) is 4.53. The second kappa shape index (κ2) is 7.31. The first-order valence-corrected chi connectivity index (χ1v) is 6.72. The Morgan fingerprint density at radius 3 is 2.64 bits per heavy atom. The van der Waals surface area contributed by atoms with Crippen molar-refractivity contribution in [2.75, 3.05) is 20.8 Å². The highest BCUT2D eigenvalue weighted by atomic mass is 16.5. The SMILES string of the molecule is COc1ccc(OC)c(CCNC(=O)c2ccc(=O)oc2)c1. The molecule has 6 heteroatoms. The first-order chi connectivity index (χ1) is 10.6. The maximum Gasteiger partial charge on any atom is 0.335 e. The summed E-state index contributed by atoms with van der Waals surface area (Å²) in [6.45, 7) is 0.418. The summed E-state index contributed by atoms with van der Waals surface area (Å²) in [4.78, 5) is 22.7. The molecule has 6 nitrogen and oxygen atoms in total. The quantitative estimate of drug-likeness (QED) is 0.877. The van der Waals surface area contributed by atoms with Crippen LogP contribution in [0.5, 0.6) is 11.5 Å². The zero-order valence-electron chi connectivity index (χ0n) is 12.4. The van der Waals surface area contributed by atoms with Crippen molar-refractivity contribution in [3.63, 3.8) is 0 Å². The van der Waals surface area contributed by atoms with Gasteiger partial charge in [-0.05, 0) is 36.2 Å². The highest BCUT2D eigenvalue weighted by molar-refractivity contribution is 5.93. The second-order valence-corrected chi connectivity index (χ2v) is 4.53. The van der Waals surface area contributed by atoms with Gasteiger partial charge in [0.05, 0.1) is 19.8 Å². The number of amides is 1. The number of carbonyl (C=O) groups excluding carboxylic acids is 1. The smallest absolute Gasteiger partial charge is 0.335 e. The van der Waals surface area contributed by atoms with Gasteiger partial charge in [0.1, 0.15) is 17.8 Å². The predicted octanol–water partition coefficient (Wildman–Crippen LogP) is 1.63. The number of methoxy groups -OCH3 is 2. The Balaban J connectivity index is 1.97. The molecule has 116 valence electrons. The number of rotatable bonds is 6. The van der Waals surface area contributed by atoms with Gasteiger partial charge in [0.15, 0.2) is 0 Å². The molecule has 0 saturated carbocycles. The van der Waals surface area contributed by atoms with Gasteiger partial charge in [0.2, 0.25) is 0 Å². The molecule has 1 N–H and O–H groups in total. The van der Waals surface area contributed by atoms with Gasteiger partial charge in [-0.1, -0.05) is 0 Å². The molecule has 1 amide bonds. The number of hydrogen-bond acceptors (Lipinski definition) is 5. The van der Waals surface area contributed by atoms with Crippen LogP contribution in [0, 0.1) is 0 Å². The van der Waals surface area contributed by atoms with Crippen molar-refractivity contribution < 1.29 is 18.7 Å². The van der Waals surface area contributed by atoms with Gasteiger partial charge in [-0.3, -0.25) is 4.79 Å². The molecule has 0 bridgehead atoms. The van der Waals surface area contributed by atoms with Gasteiger partial charge in [-0.25, -0.2) is 4.79 Å². The molecule has 0 atom stereocenters. The average Bonchev–Trinajstić information content (AvgIpc) is 2.55. The number of ether oxygens (including phenoxy) is 2. The van der Waals surface area contributed by atoms with Crippen molar-refractivity contribution in [3.05, 3.63) is 58.1 Å². The molecular weight excluding hydrogens is 286 g/mol. The van der Waals surface area contributed by atoms with Crippen molar-refractivity contribution in [2.24, 2.45) is 0 Å². The first kappa shape index (κ1) is 15.6. The number of nitrogens with one attached hydrogen (secondary N) is 1. The maximum atomic E-state index is 11.9. The van der Waals surface area contributed by atoms with E-state index in [2.05, 4.69) is 9.73 Å². The van der Waals surface area contributed by atoms with Crippen molar-refractivity contribution in [1.82, 2.24) is 5.32 Å². The Hall–Kier alpha value is -2.76. The van der Waals surface area contributed by atoms with Crippen LogP contribution in [0.15, 0.2) is 45.8 Å². The highest BCUT2D eigenvalue weighted by Gasteiger charge is 2.08. The molecule has 22 heavy (non-hydrogen) atoms. The third-order valence-electron chi connectivity index (χ3n) is 3.13. The molecule has 0 aliphatic rings. The van der Waals surface area contributed by atoms with E-state index >= 15 is 0 Å². The Morgan fingerprint density at radius 2 is 2.00 bits per heavy atom. The summed E-state index contributed by atoms with van der Waals surface area (Å²) in [6, 6.07) is 8.13. The monoisotopic (exact) mass is 303 g/mol. The molecule has 0 saturated heterocycles. The van der Waals surface area contributed by atoms with E-state index < -0.39 is 5.63 Å². The molecule has 1 aromatic heterocycles. The van der Waals surface area contributed by atoms with Crippen molar-refractivity contribution in [2.45, 2.75) is 6.42 Å². The summed E-state index contributed by atoms with van der Waals surface area (Å²) in [5.41, 5.74) is 0.747. The lowest BCUT2D eigenvalue weighted by atomic mass is 10.1. The van der Waals surface area contributed by atoms with E-state index in [4.69, 9.17) is 9.47 Å². The molecule has 1 aromatic carbocycles. The molecular formula is C16H17NO5. The molecule has 0 fully saturated rings. The van der Waals surface area contributed by atoms with Gasteiger partial charge >= 0.3 is 5.63 Å². The van der Waals surface area contributed by atoms with E-state index in [0.29, 0.717) is 18.5 Å². The average molecular weight is 303 g/mol. The molecule has 0 unspecified atom stereocenters. The van der Waals surface area contributed by atoms with Gasteiger partial charge in [-0.2, -0.15) is 0 Å². The van der Waals surface area contributed by atoms with Crippen LogP contribution in [0.3, 0.4) is 0 Å². The molecule has 0 aliphatic heterocycles. The summed E-state index contributed by atoms with van der Waals surface area (Å²) in [7, 11) is 3.19. The lowest BCUT2D eigenvalue weighted by molar-refractivity contribution is 0.0951. The summed E-state index contributed by atoms with van der Waals surface area (Å²) in [5, 5.41) is 2.76. The lowest BCUT2D eigenvalue weighted by Gasteiger charge is -2.11. The van der Waals surface area contributed by atoms with Crippen LogP contribution in [0.2, 0.25) is 0 Å². The van der Waals surface area contributed by atoms with Crippen molar-refractivity contribution in [3.8, 4) is 11.5 Å². The third kappa shape index (κ3) is 3.88. The standard InChI is InChI=1S/C16H17NO5/c1-20-13-4-5-14(21-2)11(9-13)7-8-17-16(19)12-3-6-15(18)22-10-12/h3-6,9-10H,7-8H2,1-2H3,(H,17,19). The Labute approximate surface area is 127 Å². The minimum atomic E-state index is -0.488. The minimum absolute atomic E-state index is 0.300. The molecule has 1 heterocycles. The topological polar surface area (TPSA) is 77.8 Å². The van der Waals surface area contributed by atoms with E-state index in [1.54, 1.807) is 14.2 Å². The summed E-state index contributed by atoms with van der Waals surface area (Å²) >= 11 is 0. The van der Waals surface area contributed by atoms with E-state index in [1.807, 2.05) is 18.2 Å². The molecule has 0 spiro atoms. The fourth-order valence-electron chi connectivity index (χ4n) is 1.98. The Bertz CT molecular complexity index is 687. The van der Waals surface area contributed by atoms with Crippen LogP contribution in [0.1, 0.15) is 15.9 Å². The van der Waals surface area contributed by atoms with Crippen molar-refractivity contribution in [1.29, 1.82) is 0 Å². The fourth-order valence-corrected chi connectivity index (χ4v) is 1.98. The van der Waals surface area contributed by atoms with Crippen LogP contribution in [0.25, 0.3) is 0 Å². The van der Waals surface area contributed by atoms with Gasteiger partial charge in [0, 0.05) is 12.6 Å². The normalized spacial score (nSPS) is 10.1. The molecule has 2 aromatic rings. The number of hydrogen-bond donors (Lipinski definition) is 1. The van der Waals surface area contributed by atoms with Crippen LogP contribution in [-0.4, -0.2) is 26.7 Å². The molecule has 0 radical (unpaired) electrons. The van der Waals surface area contributed by atoms with Crippen LogP contribution in [0.4, 0.5) is 0 Å². The van der Waals surface area contributed by atoms with Crippen molar-refractivity contribution >= 4 is 5.91 Å². The lowest BCUT2D eigenvalue weighted by Crippen LogP contribution is -2.26. The zero-order valence-corrected chi connectivity index (χ0v) is 12.4. The van der Waals surface area contributed by atoms with E-state index in [9.17, 15) is 9.59 Å². The highest BCUT2D eigenvalue weighted by Crippen LogP contribution is 2.24. The number of carbonyl (C=O) groups is 1. The number of benzene rings is 1. The van der Waals surface area contributed by atoms with Crippen LogP contribution >= 0.6 is 0 Å². The zero-order chi connectivity index (χ0) is 15.9. The van der Waals surface area contributed by atoms with Gasteiger partial charge < -0.3 is 19.2 Å². The van der Waals surface area contributed by atoms with Gasteiger partial charge in [0.25, 0.3) is 5.91 Å². The maximum absolute atomic E-state index is 11.9. The first-order valence-electron chi connectivity index (χ1n) is 6.72.